The molecule has 1 aromatic carbocycles. The first-order valence-electron chi connectivity index (χ1n) is 8.22. The highest BCUT2D eigenvalue weighted by Gasteiger charge is 2.32. The van der Waals surface area contributed by atoms with Crippen LogP contribution in [0.15, 0.2) is 30.3 Å². The van der Waals surface area contributed by atoms with Gasteiger partial charge in [0.1, 0.15) is 0 Å². The lowest BCUT2D eigenvalue weighted by Crippen LogP contribution is -2.51. The summed E-state index contributed by atoms with van der Waals surface area (Å²) in [7, 11) is 0. The molecule has 0 aliphatic carbocycles. The predicted molar refractivity (Wildman–Crippen MR) is 87.1 cm³/mol. The van der Waals surface area contributed by atoms with Crippen LogP contribution in [-0.2, 0) is 6.42 Å². The molecule has 1 heterocycles. The normalized spacial score (nSPS) is 23.4. The average Bonchev–Trinajstić information content (AvgIpc) is 2.66. The second-order valence-electron chi connectivity index (χ2n) is 6.26. The molecule has 1 aliphatic heterocycles. The Bertz CT molecular complexity index is 384. The van der Waals surface area contributed by atoms with Crippen LogP contribution in [0.25, 0.3) is 0 Å². The standard InChI is InChI=1S/C18H30N2/c1-4-18(5-2)15-20(16(3)11-13-19-18)14-12-17-9-7-6-8-10-17/h6-10,16,19H,4-5,11-15H2,1-3H3. The maximum atomic E-state index is 3.81. The van der Waals surface area contributed by atoms with Crippen molar-refractivity contribution in [1.82, 2.24) is 10.2 Å². The van der Waals surface area contributed by atoms with Gasteiger partial charge in [0.05, 0.1) is 0 Å². The lowest BCUT2D eigenvalue weighted by Gasteiger charge is -2.37. The van der Waals surface area contributed by atoms with Crippen molar-refractivity contribution >= 4 is 0 Å². The van der Waals surface area contributed by atoms with E-state index in [2.05, 4.69) is 61.3 Å². The zero-order chi connectivity index (χ0) is 14.4. The van der Waals surface area contributed by atoms with Crippen LogP contribution in [0.5, 0.6) is 0 Å². The van der Waals surface area contributed by atoms with Gasteiger partial charge in [0, 0.05) is 24.7 Å². The van der Waals surface area contributed by atoms with E-state index in [1.807, 2.05) is 0 Å². The van der Waals surface area contributed by atoms with E-state index < -0.39 is 0 Å². The molecular weight excluding hydrogens is 244 g/mol. The minimum atomic E-state index is 0.321. The molecule has 0 spiro atoms. The Morgan fingerprint density at radius 3 is 2.55 bits per heavy atom. The van der Waals surface area contributed by atoms with Crippen molar-refractivity contribution in [3.05, 3.63) is 35.9 Å². The number of nitrogens with one attached hydrogen (secondary N) is 1. The lowest BCUT2D eigenvalue weighted by molar-refractivity contribution is 0.161. The summed E-state index contributed by atoms with van der Waals surface area (Å²) in [4.78, 5) is 2.69. The molecule has 112 valence electrons. The third kappa shape index (κ3) is 3.83. The van der Waals surface area contributed by atoms with Crippen LogP contribution < -0.4 is 5.32 Å². The van der Waals surface area contributed by atoms with Crippen LogP contribution in [0, 0.1) is 0 Å². The highest BCUT2D eigenvalue weighted by atomic mass is 15.2. The zero-order valence-corrected chi connectivity index (χ0v) is 13.4. The SMILES string of the molecule is CCC1(CC)CN(CCc2ccccc2)C(C)CCN1. The van der Waals surface area contributed by atoms with Gasteiger partial charge in [-0.25, -0.2) is 0 Å². The van der Waals surface area contributed by atoms with E-state index in [-0.39, 0.29) is 0 Å². The van der Waals surface area contributed by atoms with Gasteiger partial charge in [-0.3, -0.25) is 4.90 Å². The number of nitrogens with zero attached hydrogens (tertiary/aromatic N) is 1. The third-order valence-corrected chi connectivity index (χ3v) is 5.08. The van der Waals surface area contributed by atoms with Gasteiger partial charge in [0.2, 0.25) is 0 Å². The average molecular weight is 274 g/mol. The van der Waals surface area contributed by atoms with Gasteiger partial charge in [-0.05, 0) is 44.7 Å². The Kier molecular flexibility index (Phi) is 5.62. The van der Waals surface area contributed by atoms with E-state index in [4.69, 9.17) is 0 Å². The van der Waals surface area contributed by atoms with E-state index in [0.29, 0.717) is 11.6 Å². The molecule has 1 fully saturated rings. The van der Waals surface area contributed by atoms with Gasteiger partial charge >= 0.3 is 0 Å². The minimum Gasteiger partial charge on any atom is -0.310 e. The number of benzene rings is 1. The fraction of sp³-hybridized carbons (Fsp3) is 0.667. The number of rotatable bonds is 5. The quantitative estimate of drug-likeness (QED) is 0.884. The maximum Gasteiger partial charge on any atom is 0.0303 e. The van der Waals surface area contributed by atoms with E-state index in [9.17, 15) is 0 Å². The summed E-state index contributed by atoms with van der Waals surface area (Å²) in [6.45, 7) is 10.5. The van der Waals surface area contributed by atoms with Crippen LogP contribution in [0.3, 0.4) is 0 Å². The predicted octanol–water partition coefficient (Wildman–Crippen LogP) is 3.47. The number of hydrogen-bond acceptors (Lipinski definition) is 2. The summed E-state index contributed by atoms with van der Waals surface area (Å²) in [5.74, 6) is 0. The van der Waals surface area contributed by atoms with Gasteiger partial charge in [-0.2, -0.15) is 0 Å². The fourth-order valence-corrected chi connectivity index (χ4v) is 3.27. The molecule has 1 saturated heterocycles. The van der Waals surface area contributed by atoms with Crippen LogP contribution in [0.4, 0.5) is 0 Å². The van der Waals surface area contributed by atoms with E-state index in [0.717, 1.165) is 13.0 Å². The highest BCUT2D eigenvalue weighted by Crippen LogP contribution is 2.22. The zero-order valence-electron chi connectivity index (χ0n) is 13.4. The molecule has 2 heteroatoms. The summed E-state index contributed by atoms with van der Waals surface area (Å²) in [6, 6.07) is 11.6. The van der Waals surface area contributed by atoms with Crippen molar-refractivity contribution in [2.45, 2.75) is 58.0 Å². The van der Waals surface area contributed by atoms with Gasteiger partial charge < -0.3 is 5.32 Å². The molecule has 0 radical (unpaired) electrons. The molecule has 2 rings (SSSR count). The highest BCUT2D eigenvalue weighted by molar-refractivity contribution is 5.15. The Morgan fingerprint density at radius 2 is 1.90 bits per heavy atom. The van der Waals surface area contributed by atoms with Crippen molar-refractivity contribution < 1.29 is 0 Å². The van der Waals surface area contributed by atoms with E-state index >= 15 is 0 Å². The summed E-state index contributed by atoms with van der Waals surface area (Å²) in [5, 5.41) is 3.81. The summed E-state index contributed by atoms with van der Waals surface area (Å²) < 4.78 is 0. The van der Waals surface area contributed by atoms with Crippen LogP contribution in [0.1, 0.15) is 45.6 Å². The van der Waals surface area contributed by atoms with Gasteiger partial charge in [0.15, 0.2) is 0 Å². The molecule has 0 amide bonds. The van der Waals surface area contributed by atoms with Crippen LogP contribution in [0.2, 0.25) is 0 Å². The molecule has 0 saturated carbocycles. The van der Waals surface area contributed by atoms with Gasteiger partial charge in [-0.15, -0.1) is 0 Å². The molecule has 0 aromatic heterocycles. The topological polar surface area (TPSA) is 15.3 Å². The number of hydrogen-bond donors (Lipinski definition) is 1. The fourth-order valence-electron chi connectivity index (χ4n) is 3.27. The van der Waals surface area contributed by atoms with Crippen LogP contribution >= 0.6 is 0 Å². The second-order valence-corrected chi connectivity index (χ2v) is 6.26. The second kappa shape index (κ2) is 7.24. The molecular formula is C18H30N2. The Labute approximate surface area is 124 Å². The Hall–Kier alpha value is -0.860. The minimum absolute atomic E-state index is 0.321. The molecule has 1 atom stereocenters. The van der Waals surface area contributed by atoms with E-state index in [1.165, 1.54) is 37.9 Å². The van der Waals surface area contributed by atoms with Crippen molar-refractivity contribution in [3.63, 3.8) is 0 Å². The first-order chi connectivity index (χ1) is 9.69. The van der Waals surface area contributed by atoms with Gasteiger partial charge in [-0.1, -0.05) is 44.2 Å². The molecule has 20 heavy (non-hydrogen) atoms. The van der Waals surface area contributed by atoms with Crippen molar-refractivity contribution in [2.24, 2.45) is 0 Å². The van der Waals surface area contributed by atoms with Crippen molar-refractivity contribution in [2.75, 3.05) is 19.6 Å². The van der Waals surface area contributed by atoms with Crippen molar-refractivity contribution in [1.29, 1.82) is 0 Å². The first-order valence-corrected chi connectivity index (χ1v) is 8.22. The summed E-state index contributed by atoms with van der Waals surface area (Å²) in [6.07, 6.45) is 4.86. The Balaban J connectivity index is 2.00. The van der Waals surface area contributed by atoms with Crippen molar-refractivity contribution in [3.8, 4) is 0 Å². The largest absolute Gasteiger partial charge is 0.310 e. The summed E-state index contributed by atoms with van der Waals surface area (Å²) in [5.41, 5.74) is 1.78. The smallest absolute Gasteiger partial charge is 0.0303 e. The van der Waals surface area contributed by atoms with E-state index in [1.54, 1.807) is 0 Å². The van der Waals surface area contributed by atoms with Gasteiger partial charge in [0.25, 0.3) is 0 Å². The molecule has 1 aliphatic rings. The molecule has 1 aromatic rings. The monoisotopic (exact) mass is 274 g/mol. The molecule has 1 N–H and O–H groups in total. The third-order valence-electron chi connectivity index (χ3n) is 5.08. The molecule has 1 unspecified atom stereocenters. The lowest BCUT2D eigenvalue weighted by atomic mass is 9.92. The Morgan fingerprint density at radius 1 is 1.20 bits per heavy atom. The summed E-state index contributed by atoms with van der Waals surface area (Å²) >= 11 is 0. The molecule has 2 nitrogen and oxygen atoms in total. The maximum absolute atomic E-state index is 3.81. The van der Waals surface area contributed by atoms with Crippen LogP contribution in [-0.4, -0.2) is 36.1 Å². The molecule has 0 bridgehead atoms. The first kappa shape index (κ1) is 15.5.